The lowest BCUT2D eigenvalue weighted by atomic mass is 9.96. The lowest BCUT2D eigenvalue weighted by molar-refractivity contribution is -0.0187. The molecule has 2 aliphatic heterocycles. The molecule has 5 rings (SSSR count). The molecule has 0 amide bonds. The molecular formula is C22H19ClN2O2S. The monoisotopic (exact) mass is 410 g/mol. The van der Waals surface area contributed by atoms with E-state index in [9.17, 15) is 0 Å². The van der Waals surface area contributed by atoms with Gasteiger partial charge in [0.05, 0.1) is 18.4 Å². The fourth-order valence-corrected chi connectivity index (χ4v) is 4.63. The third-order valence-corrected chi connectivity index (χ3v) is 6.02. The van der Waals surface area contributed by atoms with Gasteiger partial charge in [-0.2, -0.15) is 16.4 Å². The lowest BCUT2D eigenvalue weighted by Crippen LogP contribution is -2.33. The standard InChI is InChI=1S/C22H19ClN2O2S/c1-2-26-17-6-3-14(4-7-17)19-12-20-18-11-16(23)5-8-21(18)27-22(25(20)24-19)15-9-10-28-13-15/h3-11,13,20,22H,2,12H2,1H3. The fraction of sp³-hybridized carbons (Fsp3) is 0.227. The van der Waals surface area contributed by atoms with Gasteiger partial charge in [0, 0.05) is 22.6 Å². The fourth-order valence-electron chi connectivity index (χ4n) is 3.78. The van der Waals surface area contributed by atoms with Gasteiger partial charge in [-0.15, -0.1) is 0 Å². The average Bonchev–Trinajstić information content (AvgIpc) is 3.39. The van der Waals surface area contributed by atoms with E-state index >= 15 is 0 Å². The van der Waals surface area contributed by atoms with E-state index in [4.69, 9.17) is 26.2 Å². The highest BCUT2D eigenvalue weighted by molar-refractivity contribution is 7.07. The maximum absolute atomic E-state index is 6.33. The van der Waals surface area contributed by atoms with Crippen molar-refractivity contribution in [1.82, 2.24) is 5.01 Å². The van der Waals surface area contributed by atoms with Crippen LogP contribution in [0, 0.1) is 0 Å². The van der Waals surface area contributed by atoms with Crippen LogP contribution in [0.1, 0.15) is 42.3 Å². The first kappa shape index (κ1) is 17.6. The molecule has 0 aliphatic carbocycles. The van der Waals surface area contributed by atoms with Crippen molar-refractivity contribution < 1.29 is 9.47 Å². The summed E-state index contributed by atoms with van der Waals surface area (Å²) in [7, 11) is 0. The average molecular weight is 411 g/mol. The smallest absolute Gasteiger partial charge is 0.214 e. The summed E-state index contributed by atoms with van der Waals surface area (Å²) in [5.41, 5.74) is 4.35. The Bertz CT molecular complexity index is 1020. The summed E-state index contributed by atoms with van der Waals surface area (Å²) < 4.78 is 11.9. The summed E-state index contributed by atoms with van der Waals surface area (Å²) in [5, 5.41) is 11.9. The second-order valence-corrected chi connectivity index (χ2v) is 8.03. The summed E-state index contributed by atoms with van der Waals surface area (Å²) in [5.74, 6) is 1.75. The number of hydrogen-bond donors (Lipinski definition) is 0. The zero-order valence-corrected chi connectivity index (χ0v) is 16.9. The largest absolute Gasteiger partial charge is 0.494 e. The van der Waals surface area contributed by atoms with E-state index in [-0.39, 0.29) is 12.3 Å². The van der Waals surface area contributed by atoms with Crippen LogP contribution >= 0.6 is 22.9 Å². The third-order valence-electron chi connectivity index (χ3n) is 5.08. The molecule has 0 radical (unpaired) electrons. The van der Waals surface area contributed by atoms with Crippen LogP contribution in [0.4, 0.5) is 0 Å². The molecule has 2 aromatic carbocycles. The SMILES string of the molecule is CCOc1ccc(C2=NN3C(C2)c2cc(Cl)ccc2OC3c2ccsc2)cc1. The van der Waals surface area contributed by atoms with Gasteiger partial charge in [0.2, 0.25) is 6.23 Å². The van der Waals surface area contributed by atoms with Crippen molar-refractivity contribution in [2.24, 2.45) is 5.10 Å². The maximum atomic E-state index is 6.33. The van der Waals surface area contributed by atoms with Crippen LogP contribution in [-0.4, -0.2) is 17.3 Å². The molecule has 0 saturated heterocycles. The van der Waals surface area contributed by atoms with Crippen molar-refractivity contribution in [2.75, 3.05) is 6.61 Å². The number of fused-ring (bicyclic) bond motifs is 3. The maximum Gasteiger partial charge on any atom is 0.214 e. The van der Waals surface area contributed by atoms with E-state index < -0.39 is 0 Å². The predicted molar refractivity (Wildman–Crippen MR) is 112 cm³/mol. The van der Waals surface area contributed by atoms with Gasteiger partial charge in [-0.05, 0) is 71.8 Å². The van der Waals surface area contributed by atoms with Gasteiger partial charge >= 0.3 is 0 Å². The Hall–Kier alpha value is -2.50. The molecule has 4 nitrogen and oxygen atoms in total. The molecule has 2 unspecified atom stereocenters. The molecule has 3 heterocycles. The number of hydrazone groups is 1. The molecular weight excluding hydrogens is 392 g/mol. The number of hydrogen-bond acceptors (Lipinski definition) is 5. The van der Waals surface area contributed by atoms with Gasteiger partial charge < -0.3 is 9.47 Å². The van der Waals surface area contributed by atoms with Gasteiger partial charge in [-0.1, -0.05) is 11.6 Å². The number of rotatable bonds is 4. The molecule has 2 atom stereocenters. The Balaban J connectivity index is 1.53. The van der Waals surface area contributed by atoms with Crippen molar-refractivity contribution in [2.45, 2.75) is 25.6 Å². The van der Waals surface area contributed by atoms with Gasteiger partial charge in [-0.3, -0.25) is 0 Å². The van der Waals surface area contributed by atoms with Crippen LogP contribution in [0.15, 0.2) is 64.4 Å². The van der Waals surface area contributed by atoms with Gasteiger partial charge in [-0.25, -0.2) is 5.01 Å². The van der Waals surface area contributed by atoms with Crippen molar-refractivity contribution >= 4 is 28.6 Å². The van der Waals surface area contributed by atoms with Crippen LogP contribution in [0.2, 0.25) is 5.02 Å². The zero-order chi connectivity index (χ0) is 19.1. The highest BCUT2D eigenvalue weighted by Crippen LogP contribution is 2.48. The van der Waals surface area contributed by atoms with Crippen LogP contribution < -0.4 is 9.47 Å². The van der Waals surface area contributed by atoms with E-state index in [1.165, 1.54) is 0 Å². The minimum Gasteiger partial charge on any atom is -0.494 e. The number of ether oxygens (including phenoxy) is 2. The molecule has 0 bridgehead atoms. The minimum atomic E-state index is -0.231. The van der Waals surface area contributed by atoms with Crippen molar-refractivity contribution in [3.05, 3.63) is 81.0 Å². The summed E-state index contributed by atoms with van der Waals surface area (Å²) >= 11 is 7.94. The first-order valence-electron chi connectivity index (χ1n) is 9.30. The number of thiophene rings is 1. The van der Waals surface area contributed by atoms with Crippen molar-refractivity contribution in [3.63, 3.8) is 0 Å². The molecule has 0 saturated carbocycles. The molecule has 142 valence electrons. The summed E-state index contributed by atoms with van der Waals surface area (Å²) in [6, 6.07) is 16.2. The Morgan fingerprint density at radius 2 is 2.07 bits per heavy atom. The number of nitrogens with zero attached hydrogens (tertiary/aromatic N) is 2. The zero-order valence-electron chi connectivity index (χ0n) is 15.3. The predicted octanol–water partition coefficient (Wildman–Crippen LogP) is 6.04. The summed E-state index contributed by atoms with van der Waals surface area (Å²) in [6.07, 6.45) is 0.579. The Labute approximate surface area is 173 Å². The Morgan fingerprint density at radius 3 is 2.82 bits per heavy atom. The molecule has 28 heavy (non-hydrogen) atoms. The number of halogens is 1. The lowest BCUT2D eigenvalue weighted by Gasteiger charge is -2.37. The quantitative estimate of drug-likeness (QED) is 0.525. The second-order valence-electron chi connectivity index (χ2n) is 6.81. The van der Waals surface area contributed by atoms with Gasteiger partial charge in [0.15, 0.2) is 0 Å². The van der Waals surface area contributed by atoms with Crippen molar-refractivity contribution in [1.29, 1.82) is 0 Å². The Morgan fingerprint density at radius 1 is 1.21 bits per heavy atom. The molecule has 0 spiro atoms. The van der Waals surface area contributed by atoms with Gasteiger partial charge in [0.1, 0.15) is 11.5 Å². The highest BCUT2D eigenvalue weighted by atomic mass is 35.5. The van der Waals surface area contributed by atoms with E-state index in [0.717, 1.165) is 40.3 Å². The normalized spacial score (nSPS) is 20.2. The van der Waals surface area contributed by atoms with Crippen LogP contribution in [0.3, 0.4) is 0 Å². The first-order valence-corrected chi connectivity index (χ1v) is 10.6. The number of benzene rings is 2. The molecule has 2 aliphatic rings. The molecule has 0 N–H and O–H groups in total. The van der Waals surface area contributed by atoms with Crippen LogP contribution in [0.5, 0.6) is 11.5 Å². The van der Waals surface area contributed by atoms with E-state index in [1.54, 1.807) is 11.3 Å². The molecule has 0 fully saturated rings. The second kappa shape index (κ2) is 7.15. The minimum absolute atomic E-state index is 0.105. The van der Waals surface area contributed by atoms with E-state index in [2.05, 4.69) is 34.0 Å². The topological polar surface area (TPSA) is 34.1 Å². The molecule has 6 heteroatoms. The molecule has 1 aromatic heterocycles. The Kier molecular flexibility index (Phi) is 4.49. The van der Waals surface area contributed by atoms with Crippen LogP contribution in [0.25, 0.3) is 0 Å². The van der Waals surface area contributed by atoms with E-state index in [0.29, 0.717) is 11.6 Å². The molecule has 3 aromatic rings. The summed E-state index contributed by atoms with van der Waals surface area (Å²) in [6.45, 7) is 2.65. The van der Waals surface area contributed by atoms with Crippen molar-refractivity contribution in [3.8, 4) is 11.5 Å². The van der Waals surface area contributed by atoms with Crippen LogP contribution in [-0.2, 0) is 0 Å². The highest BCUT2D eigenvalue weighted by Gasteiger charge is 2.41. The summed E-state index contributed by atoms with van der Waals surface area (Å²) in [4.78, 5) is 0. The third kappa shape index (κ3) is 3.05. The van der Waals surface area contributed by atoms with Gasteiger partial charge in [0.25, 0.3) is 0 Å². The first-order chi connectivity index (χ1) is 13.7. The van der Waals surface area contributed by atoms with E-state index in [1.807, 2.05) is 37.3 Å².